The highest BCUT2D eigenvalue weighted by Gasteiger charge is 2.09. The summed E-state index contributed by atoms with van der Waals surface area (Å²) < 4.78 is 0. The van der Waals surface area contributed by atoms with E-state index < -0.39 is 0 Å². The molecule has 0 aliphatic heterocycles. The van der Waals surface area contributed by atoms with Gasteiger partial charge in [-0.3, -0.25) is 4.79 Å². The van der Waals surface area contributed by atoms with Crippen LogP contribution in [0, 0.1) is 6.92 Å². The molecule has 2 nitrogen and oxygen atoms in total. The SMILES string of the molecule is Cc1ccsc1CN(C)C(=O)CCl. The Morgan fingerprint density at radius 3 is 2.85 bits per heavy atom. The monoisotopic (exact) mass is 217 g/mol. The summed E-state index contributed by atoms with van der Waals surface area (Å²) in [5.74, 6) is 0.0236. The van der Waals surface area contributed by atoms with E-state index in [-0.39, 0.29) is 11.8 Å². The van der Waals surface area contributed by atoms with Crippen molar-refractivity contribution in [1.82, 2.24) is 4.90 Å². The smallest absolute Gasteiger partial charge is 0.237 e. The number of amides is 1. The Bertz CT molecular complexity index is 298. The molecule has 1 aromatic rings. The van der Waals surface area contributed by atoms with Gasteiger partial charge in [-0.1, -0.05) is 0 Å². The van der Waals surface area contributed by atoms with E-state index >= 15 is 0 Å². The molecule has 0 saturated heterocycles. The standard InChI is InChI=1S/C9H12ClNOS/c1-7-3-4-13-8(7)6-11(2)9(12)5-10/h3-4H,5-6H2,1-2H3. The number of alkyl halides is 1. The first kappa shape index (κ1) is 10.5. The largest absolute Gasteiger partial charge is 0.340 e. The molecule has 0 aromatic carbocycles. The maximum absolute atomic E-state index is 11.1. The first-order chi connectivity index (χ1) is 6.15. The van der Waals surface area contributed by atoms with Gasteiger partial charge >= 0.3 is 0 Å². The fraction of sp³-hybridized carbons (Fsp3) is 0.444. The van der Waals surface area contributed by atoms with Crippen molar-refractivity contribution in [3.8, 4) is 0 Å². The van der Waals surface area contributed by atoms with Crippen LogP contribution in [0.3, 0.4) is 0 Å². The third kappa shape index (κ3) is 2.71. The average Bonchev–Trinajstić information content (AvgIpc) is 2.50. The van der Waals surface area contributed by atoms with Crippen LogP contribution < -0.4 is 0 Å². The van der Waals surface area contributed by atoms with Crippen LogP contribution in [0.5, 0.6) is 0 Å². The lowest BCUT2D eigenvalue weighted by atomic mass is 10.3. The maximum Gasteiger partial charge on any atom is 0.237 e. The molecule has 1 heterocycles. The van der Waals surface area contributed by atoms with Gasteiger partial charge < -0.3 is 4.90 Å². The highest BCUT2D eigenvalue weighted by atomic mass is 35.5. The third-order valence-corrected chi connectivity index (χ3v) is 3.13. The van der Waals surface area contributed by atoms with E-state index in [4.69, 9.17) is 11.6 Å². The molecule has 1 aromatic heterocycles. The van der Waals surface area contributed by atoms with Gasteiger partial charge in [-0.2, -0.15) is 0 Å². The molecular formula is C9H12ClNOS. The Morgan fingerprint density at radius 2 is 2.38 bits per heavy atom. The van der Waals surface area contributed by atoms with E-state index in [2.05, 4.69) is 6.07 Å². The first-order valence-electron chi connectivity index (χ1n) is 3.98. The summed E-state index contributed by atoms with van der Waals surface area (Å²) in [6.45, 7) is 2.71. The molecule has 0 spiro atoms. The molecule has 0 unspecified atom stereocenters. The zero-order valence-corrected chi connectivity index (χ0v) is 9.28. The van der Waals surface area contributed by atoms with Gasteiger partial charge in [0.1, 0.15) is 5.88 Å². The van der Waals surface area contributed by atoms with Crippen molar-refractivity contribution in [1.29, 1.82) is 0 Å². The van der Waals surface area contributed by atoms with Gasteiger partial charge in [0, 0.05) is 11.9 Å². The number of carbonyl (C=O) groups excluding carboxylic acids is 1. The Kier molecular flexibility index (Phi) is 3.75. The molecule has 0 saturated carbocycles. The number of carbonyl (C=O) groups is 1. The fourth-order valence-corrected chi connectivity index (χ4v) is 2.13. The predicted octanol–water partition coefficient (Wildman–Crippen LogP) is 2.25. The van der Waals surface area contributed by atoms with Crippen molar-refractivity contribution in [3.63, 3.8) is 0 Å². The molecule has 0 fully saturated rings. The number of aryl methyl sites for hydroxylation is 1. The summed E-state index contributed by atoms with van der Waals surface area (Å²) in [6.07, 6.45) is 0. The molecule has 4 heteroatoms. The lowest BCUT2D eigenvalue weighted by Crippen LogP contribution is -2.26. The number of rotatable bonds is 3. The lowest BCUT2D eigenvalue weighted by Gasteiger charge is -2.14. The highest BCUT2D eigenvalue weighted by molar-refractivity contribution is 7.10. The highest BCUT2D eigenvalue weighted by Crippen LogP contribution is 2.17. The predicted molar refractivity (Wildman–Crippen MR) is 56.3 cm³/mol. The molecule has 0 radical (unpaired) electrons. The molecule has 72 valence electrons. The molecule has 1 rings (SSSR count). The van der Waals surface area contributed by atoms with Crippen LogP contribution in [0.2, 0.25) is 0 Å². The molecule has 0 aliphatic rings. The summed E-state index contributed by atoms with van der Waals surface area (Å²) in [7, 11) is 1.77. The Hall–Kier alpha value is -0.540. The maximum atomic E-state index is 11.1. The summed E-state index contributed by atoms with van der Waals surface area (Å²) in [4.78, 5) is 14.0. The van der Waals surface area contributed by atoms with Crippen molar-refractivity contribution >= 4 is 28.8 Å². The summed E-state index contributed by atoms with van der Waals surface area (Å²) >= 11 is 7.11. The molecule has 0 aliphatic carbocycles. The van der Waals surface area contributed by atoms with Crippen molar-refractivity contribution in [3.05, 3.63) is 21.9 Å². The van der Waals surface area contributed by atoms with E-state index in [1.807, 2.05) is 12.3 Å². The summed E-state index contributed by atoms with van der Waals surface area (Å²) in [5, 5.41) is 2.03. The van der Waals surface area contributed by atoms with Crippen molar-refractivity contribution < 1.29 is 4.79 Å². The second-order valence-corrected chi connectivity index (χ2v) is 4.18. The van der Waals surface area contributed by atoms with E-state index in [1.54, 1.807) is 23.3 Å². The Morgan fingerprint density at radius 1 is 1.69 bits per heavy atom. The minimum absolute atomic E-state index is 0.0329. The van der Waals surface area contributed by atoms with Gasteiger partial charge in [0.15, 0.2) is 0 Å². The van der Waals surface area contributed by atoms with Crippen LogP contribution in [0.15, 0.2) is 11.4 Å². The average molecular weight is 218 g/mol. The first-order valence-corrected chi connectivity index (χ1v) is 5.39. The molecule has 0 atom stereocenters. The van der Waals surface area contributed by atoms with E-state index in [1.165, 1.54) is 10.4 Å². The summed E-state index contributed by atoms with van der Waals surface area (Å²) in [5.41, 5.74) is 1.24. The Labute approximate surface area is 87.1 Å². The van der Waals surface area contributed by atoms with E-state index in [0.717, 1.165) is 0 Å². The van der Waals surface area contributed by atoms with E-state index in [9.17, 15) is 4.79 Å². The third-order valence-electron chi connectivity index (χ3n) is 1.89. The van der Waals surface area contributed by atoms with Crippen LogP contribution >= 0.6 is 22.9 Å². The van der Waals surface area contributed by atoms with Gasteiger partial charge in [-0.05, 0) is 23.9 Å². The van der Waals surface area contributed by atoms with Gasteiger partial charge in [0.05, 0.1) is 6.54 Å². The second kappa shape index (κ2) is 4.63. The molecule has 0 N–H and O–H groups in total. The molecule has 0 bridgehead atoms. The second-order valence-electron chi connectivity index (χ2n) is 2.91. The number of halogens is 1. The molecular weight excluding hydrogens is 206 g/mol. The number of thiophene rings is 1. The van der Waals surface area contributed by atoms with Gasteiger partial charge in [-0.15, -0.1) is 22.9 Å². The number of nitrogens with zero attached hydrogens (tertiary/aromatic N) is 1. The van der Waals surface area contributed by atoms with Crippen LogP contribution in [-0.4, -0.2) is 23.7 Å². The molecule has 13 heavy (non-hydrogen) atoms. The van der Waals surface area contributed by atoms with Gasteiger partial charge in [0.25, 0.3) is 0 Å². The normalized spacial score (nSPS) is 10.1. The lowest BCUT2D eigenvalue weighted by molar-refractivity contribution is -0.127. The topological polar surface area (TPSA) is 20.3 Å². The zero-order valence-electron chi connectivity index (χ0n) is 7.71. The van der Waals surface area contributed by atoms with Gasteiger partial charge in [0.2, 0.25) is 5.91 Å². The quantitative estimate of drug-likeness (QED) is 0.712. The minimum atomic E-state index is -0.0329. The van der Waals surface area contributed by atoms with E-state index in [0.29, 0.717) is 6.54 Å². The van der Waals surface area contributed by atoms with Crippen LogP contribution in [0.25, 0.3) is 0 Å². The van der Waals surface area contributed by atoms with Crippen LogP contribution in [-0.2, 0) is 11.3 Å². The van der Waals surface area contributed by atoms with Crippen LogP contribution in [0.4, 0.5) is 0 Å². The fourth-order valence-electron chi connectivity index (χ4n) is 0.972. The number of hydrogen-bond donors (Lipinski definition) is 0. The summed E-state index contributed by atoms with van der Waals surface area (Å²) in [6, 6.07) is 2.05. The van der Waals surface area contributed by atoms with Crippen LogP contribution in [0.1, 0.15) is 10.4 Å². The minimum Gasteiger partial charge on any atom is -0.340 e. The van der Waals surface area contributed by atoms with Gasteiger partial charge in [-0.25, -0.2) is 0 Å². The Balaban J connectivity index is 2.59. The zero-order chi connectivity index (χ0) is 9.84. The van der Waals surface area contributed by atoms with Crippen molar-refractivity contribution in [2.45, 2.75) is 13.5 Å². The van der Waals surface area contributed by atoms with Crippen molar-refractivity contribution in [2.24, 2.45) is 0 Å². The number of hydrogen-bond acceptors (Lipinski definition) is 2. The van der Waals surface area contributed by atoms with Crippen molar-refractivity contribution in [2.75, 3.05) is 12.9 Å². The molecule has 1 amide bonds.